The second-order valence-electron chi connectivity index (χ2n) is 4.55. The Bertz CT molecular complexity index is 156. The van der Waals surface area contributed by atoms with E-state index in [9.17, 15) is 0 Å². The fraction of sp³-hybridized carbons (Fsp3) is 1.00. The Morgan fingerprint density at radius 1 is 1.00 bits per heavy atom. The first-order chi connectivity index (χ1) is 4.43. The third-order valence-electron chi connectivity index (χ3n) is 2.56. The maximum atomic E-state index is 5.52. The number of hydrogen-bond donors (Lipinski definition) is 1. The van der Waals surface area contributed by atoms with Gasteiger partial charge in [0, 0.05) is 11.1 Å². The van der Waals surface area contributed by atoms with Crippen LogP contribution in [0.4, 0.5) is 0 Å². The normalized spacial score (nSPS) is 46.8. The standard InChI is InChI=1S/C8H15NO/c1-7(2)5-6(10-5)8(3,4)9-7/h5-6,9H,1-4H3. The number of epoxide rings is 1. The molecule has 2 nitrogen and oxygen atoms in total. The summed E-state index contributed by atoms with van der Waals surface area (Å²) in [4.78, 5) is 0. The molecule has 2 saturated heterocycles. The zero-order chi connectivity index (χ0) is 7.57. The minimum Gasteiger partial charge on any atom is -0.366 e. The molecule has 0 aliphatic carbocycles. The SMILES string of the molecule is CC1(C)NC(C)(C)C2OC21. The summed E-state index contributed by atoms with van der Waals surface area (Å²) >= 11 is 0. The van der Waals surface area contributed by atoms with Gasteiger partial charge in [-0.3, -0.25) is 0 Å². The van der Waals surface area contributed by atoms with Crippen LogP contribution in [0.1, 0.15) is 27.7 Å². The van der Waals surface area contributed by atoms with Gasteiger partial charge in [-0.05, 0) is 27.7 Å². The summed E-state index contributed by atoms with van der Waals surface area (Å²) in [5, 5.41) is 3.54. The lowest BCUT2D eigenvalue weighted by molar-refractivity contribution is 0.165. The van der Waals surface area contributed by atoms with Crippen LogP contribution in [0, 0.1) is 0 Å². The van der Waals surface area contributed by atoms with Crippen LogP contribution in [0.2, 0.25) is 0 Å². The Morgan fingerprint density at radius 3 is 1.50 bits per heavy atom. The summed E-state index contributed by atoms with van der Waals surface area (Å²) in [6.07, 6.45) is 0.921. The Labute approximate surface area is 61.9 Å². The third-order valence-corrected chi connectivity index (χ3v) is 2.56. The van der Waals surface area contributed by atoms with Crippen molar-refractivity contribution in [1.29, 1.82) is 0 Å². The first kappa shape index (κ1) is 6.62. The zero-order valence-electron chi connectivity index (χ0n) is 7.06. The average Bonchev–Trinajstić information content (AvgIpc) is 2.29. The molecule has 2 aliphatic rings. The van der Waals surface area contributed by atoms with Gasteiger partial charge in [0.25, 0.3) is 0 Å². The van der Waals surface area contributed by atoms with Gasteiger partial charge in [0.1, 0.15) is 12.2 Å². The van der Waals surface area contributed by atoms with Crippen LogP contribution in [-0.2, 0) is 4.74 Å². The summed E-state index contributed by atoms with van der Waals surface area (Å²) in [5.74, 6) is 0. The number of fused-ring (bicyclic) bond motifs is 1. The van der Waals surface area contributed by atoms with Gasteiger partial charge in [0.05, 0.1) is 0 Å². The molecule has 2 aliphatic heterocycles. The molecule has 58 valence electrons. The molecule has 0 bridgehead atoms. The van der Waals surface area contributed by atoms with Crippen molar-refractivity contribution in [2.45, 2.75) is 51.0 Å². The Morgan fingerprint density at radius 2 is 1.40 bits per heavy atom. The zero-order valence-corrected chi connectivity index (χ0v) is 7.06. The highest BCUT2D eigenvalue weighted by atomic mass is 16.6. The lowest BCUT2D eigenvalue weighted by Gasteiger charge is -2.28. The Kier molecular flexibility index (Phi) is 0.933. The molecule has 0 amide bonds. The second-order valence-corrected chi connectivity index (χ2v) is 4.55. The van der Waals surface area contributed by atoms with Crippen LogP contribution in [0.5, 0.6) is 0 Å². The fourth-order valence-corrected chi connectivity index (χ4v) is 2.18. The molecule has 0 saturated carbocycles. The van der Waals surface area contributed by atoms with E-state index in [0.29, 0.717) is 12.2 Å². The molecule has 2 rings (SSSR count). The van der Waals surface area contributed by atoms with Crippen LogP contribution in [0.3, 0.4) is 0 Å². The highest BCUT2D eigenvalue weighted by Gasteiger charge is 2.64. The molecule has 2 fully saturated rings. The van der Waals surface area contributed by atoms with Crippen molar-refractivity contribution in [3.05, 3.63) is 0 Å². The van der Waals surface area contributed by atoms with Gasteiger partial charge in [-0.1, -0.05) is 0 Å². The van der Waals surface area contributed by atoms with E-state index in [2.05, 4.69) is 33.0 Å². The first-order valence-electron chi connectivity index (χ1n) is 3.88. The molecule has 2 unspecified atom stereocenters. The van der Waals surface area contributed by atoms with Gasteiger partial charge in [-0.25, -0.2) is 0 Å². The monoisotopic (exact) mass is 141 g/mol. The van der Waals surface area contributed by atoms with Crippen molar-refractivity contribution in [1.82, 2.24) is 5.32 Å². The molecule has 0 aromatic heterocycles. The summed E-state index contributed by atoms with van der Waals surface area (Å²) in [5.41, 5.74) is 0.377. The number of ether oxygens (including phenoxy) is 1. The third kappa shape index (κ3) is 0.663. The van der Waals surface area contributed by atoms with Gasteiger partial charge in [0.15, 0.2) is 0 Å². The lowest BCUT2D eigenvalue weighted by atomic mass is 10.0. The van der Waals surface area contributed by atoms with E-state index in [1.807, 2.05) is 0 Å². The predicted octanol–water partition coefficient (Wildman–Crippen LogP) is 0.914. The summed E-state index contributed by atoms with van der Waals surface area (Å²) in [6, 6.07) is 0. The maximum Gasteiger partial charge on any atom is 0.104 e. The number of morpholine rings is 1. The van der Waals surface area contributed by atoms with Crippen LogP contribution in [-0.4, -0.2) is 23.3 Å². The van der Waals surface area contributed by atoms with E-state index < -0.39 is 0 Å². The van der Waals surface area contributed by atoms with Gasteiger partial charge in [-0.15, -0.1) is 0 Å². The van der Waals surface area contributed by atoms with Crippen molar-refractivity contribution in [3.8, 4) is 0 Å². The van der Waals surface area contributed by atoms with Gasteiger partial charge in [-0.2, -0.15) is 0 Å². The van der Waals surface area contributed by atoms with Crippen molar-refractivity contribution in [2.24, 2.45) is 0 Å². The maximum absolute atomic E-state index is 5.52. The molecule has 0 aromatic carbocycles. The largest absolute Gasteiger partial charge is 0.366 e. The van der Waals surface area contributed by atoms with E-state index >= 15 is 0 Å². The van der Waals surface area contributed by atoms with Crippen LogP contribution < -0.4 is 5.32 Å². The molecular formula is C8H15NO. The van der Waals surface area contributed by atoms with E-state index in [-0.39, 0.29) is 11.1 Å². The van der Waals surface area contributed by atoms with Gasteiger partial charge >= 0.3 is 0 Å². The second kappa shape index (κ2) is 1.41. The first-order valence-corrected chi connectivity index (χ1v) is 3.88. The van der Waals surface area contributed by atoms with E-state index in [1.165, 1.54) is 0 Å². The highest BCUT2D eigenvalue weighted by Crippen LogP contribution is 2.46. The summed E-state index contributed by atoms with van der Waals surface area (Å²) < 4.78 is 5.52. The van der Waals surface area contributed by atoms with Crippen molar-refractivity contribution in [2.75, 3.05) is 0 Å². The predicted molar refractivity (Wildman–Crippen MR) is 40.0 cm³/mol. The number of hydrogen-bond acceptors (Lipinski definition) is 2. The lowest BCUT2D eigenvalue weighted by Crippen LogP contribution is -2.49. The average molecular weight is 141 g/mol. The summed E-state index contributed by atoms with van der Waals surface area (Å²) in [7, 11) is 0. The van der Waals surface area contributed by atoms with Crippen LogP contribution in [0.15, 0.2) is 0 Å². The van der Waals surface area contributed by atoms with Crippen LogP contribution >= 0.6 is 0 Å². The van der Waals surface area contributed by atoms with Crippen molar-refractivity contribution < 1.29 is 4.74 Å². The quantitative estimate of drug-likeness (QED) is 0.507. The number of nitrogens with one attached hydrogen (secondary N) is 1. The molecular weight excluding hydrogens is 126 g/mol. The molecule has 2 atom stereocenters. The van der Waals surface area contributed by atoms with Crippen molar-refractivity contribution in [3.63, 3.8) is 0 Å². The topological polar surface area (TPSA) is 24.6 Å². The molecule has 2 heteroatoms. The fourth-order valence-electron chi connectivity index (χ4n) is 2.18. The minimum atomic E-state index is 0.189. The smallest absolute Gasteiger partial charge is 0.104 e. The molecule has 0 radical (unpaired) electrons. The van der Waals surface area contributed by atoms with E-state index in [1.54, 1.807) is 0 Å². The minimum absolute atomic E-state index is 0.189. The Hall–Kier alpha value is -0.0800. The Balaban J connectivity index is 2.24. The van der Waals surface area contributed by atoms with Crippen LogP contribution in [0.25, 0.3) is 0 Å². The highest BCUT2D eigenvalue weighted by molar-refractivity contribution is 5.19. The summed E-state index contributed by atoms with van der Waals surface area (Å²) in [6.45, 7) is 8.80. The molecule has 0 spiro atoms. The van der Waals surface area contributed by atoms with E-state index in [0.717, 1.165) is 0 Å². The van der Waals surface area contributed by atoms with E-state index in [4.69, 9.17) is 4.74 Å². The molecule has 1 N–H and O–H groups in total. The number of rotatable bonds is 0. The molecule has 10 heavy (non-hydrogen) atoms. The molecule has 0 aromatic rings. The van der Waals surface area contributed by atoms with Gasteiger partial charge < -0.3 is 10.1 Å². The molecule has 2 heterocycles. The van der Waals surface area contributed by atoms with Crippen molar-refractivity contribution >= 4 is 0 Å². The van der Waals surface area contributed by atoms with Gasteiger partial charge in [0.2, 0.25) is 0 Å².